The van der Waals surface area contributed by atoms with Crippen LogP contribution in [0.4, 0.5) is 4.79 Å². The first kappa shape index (κ1) is 16.0. The van der Waals surface area contributed by atoms with Crippen LogP contribution in [0.3, 0.4) is 0 Å². The Labute approximate surface area is 158 Å². The van der Waals surface area contributed by atoms with Crippen molar-refractivity contribution in [1.29, 1.82) is 0 Å². The number of fused-ring (bicyclic) bond motifs is 2. The van der Waals surface area contributed by atoms with E-state index in [0.29, 0.717) is 16.4 Å². The van der Waals surface area contributed by atoms with E-state index in [4.69, 9.17) is 4.42 Å². The lowest BCUT2D eigenvalue weighted by Gasteiger charge is -2.18. The van der Waals surface area contributed by atoms with Crippen LogP contribution in [0, 0.1) is 0 Å². The topological polar surface area (TPSA) is 75.4 Å². The van der Waals surface area contributed by atoms with E-state index < -0.39 is 11.6 Å². The molecule has 1 unspecified atom stereocenters. The largest absolute Gasteiger partial charge is 0.458 e. The monoisotopic (exact) mass is 377 g/mol. The molecule has 1 fully saturated rings. The Hall–Kier alpha value is -3.19. The third-order valence-corrected chi connectivity index (χ3v) is 5.85. The lowest BCUT2D eigenvalue weighted by atomic mass is 9.99. The number of nitrogens with one attached hydrogen (secondary N) is 1. The lowest BCUT2D eigenvalue weighted by Crippen LogP contribution is -2.40. The molecule has 0 spiro atoms. The predicted molar refractivity (Wildman–Crippen MR) is 102 cm³/mol. The van der Waals surface area contributed by atoms with Gasteiger partial charge in [0.1, 0.15) is 16.4 Å². The number of carbonyl (C=O) groups excluding carboxylic acids is 2. The highest BCUT2D eigenvalue weighted by Gasteiger charge is 2.51. The van der Waals surface area contributed by atoms with E-state index in [1.807, 2.05) is 48.5 Å². The molecule has 4 aromatic rings. The average Bonchev–Trinajstić information content (AvgIpc) is 3.33. The molecule has 1 N–H and O–H groups in total. The summed E-state index contributed by atoms with van der Waals surface area (Å²) in [4.78, 5) is 31.4. The molecule has 6 nitrogen and oxygen atoms in total. The summed E-state index contributed by atoms with van der Waals surface area (Å²) >= 11 is 1.48. The second-order valence-corrected chi connectivity index (χ2v) is 7.79. The van der Waals surface area contributed by atoms with Gasteiger partial charge in [-0.2, -0.15) is 0 Å². The number of aromatic nitrogens is 1. The van der Waals surface area contributed by atoms with Crippen LogP contribution in [0.15, 0.2) is 59.0 Å². The molecule has 5 rings (SSSR count). The smallest absolute Gasteiger partial charge is 0.325 e. The number of furan rings is 1. The molecule has 1 atom stereocenters. The Bertz CT molecular complexity index is 1150. The van der Waals surface area contributed by atoms with Crippen molar-refractivity contribution in [2.75, 3.05) is 0 Å². The zero-order chi connectivity index (χ0) is 18.6. The number of thiazole rings is 1. The number of rotatable bonds is 3. The third kappa shape index (κ3) is 2.43. The van der Waals surface area contributed by atoms with Crippen LogP contribution in [-0.2, 0) is 16.9 Å². The average molecular weight is 377 g/mol. The number of hydrogen-bond donors (Lipinski definition) is 1. The highest BCUT2D eigenvalue weighted by Crippen LogP contribution is 2.34. The zero-order valence-electron chi connectivity index (χ0n) is 14.4. The Balaban J connectivity index is 1.48. The molecule has 0 saturated carbocycles. The lowest BCUT2D eigenvalue weighted by molar-refractivity contribution is -0.132. The van der Waals surface area contributed by atoms with Gasteiger partial charge in [-0.3, -0.25) is 9.69 Å². The minimum atomic E-state index is -1.23. The summed E-state index contributed by atoms with van der Waals surface area (Å²) in [5.41, 5.74) is 0.317. The number of para-hydroxylation sites is 2. The third-order valence-electron chi connectivity index (χ3n) is 4.82. The van der Waals surface area contributed by atoms with Gasteiger partial charge in [0, 0.05) is 5.39 Å². The van der Waals surface area contributed by atoms with Crippen molar-refractivity contribution >= 4 is 44.5 Å². The van der Waals surface area contributed by atoms with Crippen LogP contribution in [0.25, 0.3) is 21.2 Å². The molecule has 27 heavy (non-hydrogen) atoms. The van der Waals surface area contributed by atoms with Gasteiger partial charge < -0.3 is 9.73 Å². The first-order valence-electron chi connectivity index (χ1n) is 8.52. The number of hydrogen-bond acceptors (Lipinski definition) is 5. The highest BCUT2D eigenvalue weighted by atomic mass is 32.1. The van der Waals surface area contributed by atoms with Gasteiger partial charge in [0.05, 0.1) is 16.8 Å². The maximum absolute atomic E-state index is 13.1. The Morgan fingerprint density at radius 2 is 1.93 bits per heavy atom. The molecule has 3 heterocycles. The summed E-state index contributed by atoms with van der Waals surface area (Å²) in [6.45, 7) is 1.81. The number of carbonyl (C=O) groups is 2. The first-order chi connectivity index (χ1) is 13.0. The summed E-state index contributed by atoms with van der Waals surface area (Å²) in [6.07, 6.45) is 0. The van der Waals surface area contributed by atoms with Gasteiger partial charge in [-0.15, -0.1) is 11.3 Å². The molecular formula is C20H15N3O3S. The number of urea groups is 1. The SMILES string of the molecule is CC1(c2cc3ccccc3o2)NC(=O)N(Cc2nc3ccccc3s2)C1=O. The fourth-order valence-corrected chi connectivity index (χ4v) is 4.32. The maximum atomic E-state index is 13.1. The predicted octanol–water partition coefficient (Wildman–Crippen LogP) is 4.01. The van der Waals surface area contributed by atoms with E-state index in [0.717, 1.165) is 15.6 Å². The molecule has 7 heteroatoms. The summed E-state index contributed by atoms with van der Waals surface area (Å²) in [6, 6.07) is 16.6. The van der Waals surface area contributed by atoms with E-state index in [1.54, 1.807) is 13.0 Å². The number of amides is 3. The van der Waals surface area contributed by atoms with Crippen molar-refractivity contribution in [2.45, 2.75) is 19.0 Å². The van der Waals surface area contributed by atoms with Gasteiger partial charge >= 0.3 is 6.03 Å². The van der Waals surface area contributed by atoms with Gasteiger partial charge in [0.25, 0.3) is 5.91 Å². The van der Waals surface area contributed by atoms with Crippen LogP contribution in [0.2, 0.25) is 0 Å². The van der Waals surface area contributed by atoms with Crippen LogP contribution in [0.5, 0.6) is 0 Å². The second-order valence-electron chi connectivity index (χ2n) is 6.67. The van der Waals surface area contributed by atoms with Crippen molar-refractivity contribution in [3.8, 4) is 0 Å². The summed E-state index contributed by atoms with van der Waals surface area (Å²) in [5, 5.41) is 4.39. The van der Waals surface area contributed by atoms with Crippen molar-refractivity contribution in [3.63, 3.8) is 0 Å². The molecule has 0 radical (unpaired) electrons. The Morgan fingerprint density at radius 3 is 2.74 bits per heavy atom. The summed E-state index contributed by atoms with van der Waals surface area (Å²) in [5.74, 6) is 0.0830. The van der Waals surface area contributed by atoms with E-state index in [1.165, 1.54) is 16.2 Å². The van der Waals surface area contributed by atoms with Crippen molar-refractivity contribution in [2.24, 2.45) is 0 Å². The Kier molecular flexibility index (Phi) is 3.35. The molecule has 1 saturated heterocycles. The fourth-order valence-electron chi connectivity index (χ4n) is 3.36. The van der Waals surface area contributed by atoms with E-state index in [2.05, 4.69) is 10.3 Å². The van der Waals surface area contributed by atoms with Crippen LogP contribution in [0.1, 0.15) is 17.7 Å². The minimum Gasteiger partial charge on any atom is -0.458 e. The van der Waals surface area contributed by atoms with Crippen LogP contribution < -0.4 is 5.32 Å². The number of imide groups is 1. The van der Waals surface area contributed by atoms with E-state index >= 15 is 0 Å². The summed E-state index contributed by atoms with van der Waals surface area (Å²) in [7, 11) is 0. The number of benzene rings is 2. The van der Waals surface area contributed by atoms with Gasteiger partial charge in [0.15, 0.2) is 5.54 Å². The molecule has 1 aliphatic rings. The molecule has 2 aromatic carbocycles. The highest BCUT2D eigenvalue weighted by molar-refractivity contribution is 7.18. The second kappa shape index (κ2) is 5.65. The quantitative estimate of drug-likeness (QED) is 0.548. The molecule has 134 valence electrons. The first-order valence-corrected chi connectivity index (χ1v) is 9.34. The van der Waals surface area contributed by atoms with E-state index in [-0.39, 0.29) is 12.5 Å². The van der Waals surface area contributed by atoms with Gasteiger partial charge in [0.2, 0.25) is 0 Å². The molecule has 1 aliphatic heterocycles. The van der Waals surface area contributed by atoms with Crippen molar-refractivity contribution in [1.82, 2.24) is 15.2 Å². The van der Waals surface area contributed by atoms with Gasteiger partial charge in [-0.05, 0) is 31.2 Å². The zero-order valence-corrected chi connectivity index (χ0v) is 15.2. The van der Waals surface area contributed by atoms with Gasteiger partial charge in [-0.25, -0.2) is 9.78 Å². The van der Waals surface area contributed by atoms with Crippen LogP contribution >= 0.6 is 11.3 Å². The molecule has 3 amide bonds. The fraction of sp³-hybridized carbons (Fsp3) is 0.150. The van der Waals surface area contributed by atoms with Crippen molar-refractivity contribution < 1.29 is 14.0 Å². The molecule has 0 aliphatic carbocycles. The molecular weight excluding hydrogens is 362 g/mol. The normalized spacial score (nSPS) is 20.0. The van der Waals surface area contributed by atoms with E-state index in [9.17, 15) is 9.59 Å². The minimum absolute atomic E-state index is 0.139. The standard InChI is InChI=1S/C20H15N3O3S/c1-20(16-10-12-6-2-4-8-14(12)26-16)18(24)23(19(25)22-20)11-17-21-13-7-3-5-9-15(13)27-17/h2-10H,11H2,1H3,(H,22,25). The summed E-state index contributed by atoms with van der Waals surface area (Å²) < 4.78 is 6.87. The molecule has 0 bridgehead atoms. The Morgan fingerprint density at radius 1 is 1.15 bits per heavy atom. The van der Waals surface area contributed by atoms with Crippen molar-refractivity contribution in [3.05, 3.63) is 65.4 Å². The van der Waals surface area contributed by atoms with Crippen LogP contribution in [-0.4, -0.2) is 21.8 Å². The molecule has 2 aromatic heterocycles. The number of nitrogens with zero attached hydrogens (tertiary/aromatic N) is 2. The van der Waals surface area contributed by atoms with Gasteiger partial charge in [-0.1, -0.05) is 30.3 Å². The maximum Gasteiger partial charge on any atom is 0.325 e.